The van der Waals surface area contributed by atoms with Crippen LogP contribution in [0, 0.1) is 16.0 Å². The Bertz CT molecular complexity index is 549. The van der Waals surface area contributed by atoms with Crippen LogP contribution >= 0.6 is 15.9 Å². The van der Waals surface area contributed by atoms with Crippen molar-refractivity contribution in [3.05, 3.63) is 32.8 Å². The normalized spacial score (nSPS) is 22.6. The molecule has 108 valence electrons. The molecule has 1 fully saturated rings. The molecule has 1 aromatic rings. The van der Waals surface area contributed by atoms with Gasteiger partial charge in [-0.25, -0.2) is 4.79 Å². The first-order valence-corrected chi connectivity index (χ1v) is 7.14. The van der Waals surface area contributed by atoms with Gasteiger partial charge in [-0.15, -0.1) is 0 Å². The Morgan fingerprint density at radius 1 is 1.55 bits per heavy atom. The fraction of sp³-hybridized carbons (Fsp3) is 0.462. The number of piperidine rings is 1. The summed E-state index contributed by atoms with van der Waals surface area (Å²) in [6.45, 7) is 2.56. The van der Waals surface area contributed by atoms with Gasteiger partial charge in [0.15, 0.2) is 0 Å². The van der Waals surface area contributed by atoms with E-state index >= 15 is 0 Å². The predicted molar refractivity (Wildman–Crippen MR) is 78.0 cm³/mol. The number of benzene rings is 1. The number of carboxylic acids is 1. The second kappa shape index (κ2) is 5.78. The summed E-state index contributed by atoms with van der Waals surface area (Å²) in [6.07, 6.45) is 1.78. The SMILES string of the molecule is CC1CCCN(c2ccc([N+](=O)[O-])cc2Br)C1C(=O)O. The van der Waals surface area contributed by atoms with E-state index in [0.29, 0.717) is 16.7 Å². The van der Waals surface area contributed by atoms with E-state index in [1.807, 2.05) is 11.8 Å². The molecule has 2 atom stereocenters. The van der Waals surface area contributed by atoms with Crippen molar-refractivity contribution in [2.45, 2.75) is 25.8 Å². The van der Waals surface area contributed by atoms with Crippen LogP contribution in [0.4, 0.5) is 11.4 Å². The van der Waals surface area contributed by atoms with Gasteiger partial charge >= 0.3 is 5.97 Å². The summed E-state index contributed by atoms with van der Waals surface area (Å²) >= 11 is 3.31. The number of hydrogen-bond acceptors (Lipinski definition) is 4. The smallest absolute Gasteiger partial charge is 0.326 e. The number of carboxylic acid groups (broad SMARTS) is 1. The molecule has 2 rings (SSSR count). The third kappa shape index (κ3) is 2.77. The van der Waals surface area contributed by atoms with Crippen LogP contribution in [0.3, 0.4) is 0 Å². The lowest BCUT2D eigenvalue weighted by Gasteiger charge is -2.39. The molecule has 1 aliphatic rings. The van der Waals surface area contributed by atoms with Gasteiger partial charge in [-0.1, -0.05) is 6.92 Å². The summed E-state index contributed by atoms with van der Waals surface area (Å²) in [7, 11) is 0. The molecule has 2 unspecified atom stereocenters. The van der Waals surface area contributed by atoms with Crippen LogP contribution in [0.5, 0.6) is 0 Å². The highest BCUT2D eigenvalue weighted by Crippen LogP contribution is 2.35. The van der Waals surface area contributed by atoms with E-state index in [4.69, 9.17) is 0 Å². The van der Waals surface area contributed by atoms with Crippen molar-refractivity contribution in [3.63, 3.8) is 0 Å². The highest BCUT2D eigenvalue weighted by molar-refractivity contribution is 9.10. The molecule has 1 saturated heterocycles. The summed E-state index contributed by atoms with van der Waals surface area (Å²) in [6, 6.07) is 3.82. The summed E-state index contributed by atoms with van der Waals surface area (Å²) in [5.41, 5.74) is 0.673. The van der Waals surface area contributed by atoms with Crippen molar-refractivity contribution in [3.8, 4) is 0 Å². The Morgan fingerprint density at radius 3 is 2.80 bits per heavy atom. The molecule has 6 nitrogen and oxygen atoms in total. The van der Waals surface area contributed by atoms with Crippen molar-refractivity contribution >= 4 is 33.3 Å². The van der Waals surface area contributed by atoms with Crippen LogP contribution in [-0.4, -0.2) is 28.6 Å². The average Bonchev–Trinajstić information content (AvgIpc) is 2.37. The van der Waals surface area contributed by atoms with E-state index in [1.165, 1.54) is 12.1 Å². The maximum absolute atomic E-state index is 11.5. The second-order valence-electron chi connectivity index (χ2n) is 4.99. The molecule has 0 bridgehead atoms. The number of hydrogen-bond donors (Lipinski definition) is 1. The number of anilines is 1. The van der Waals surface area contributed by atoms with E-state index in [9.17, 15) is 20.0 Å². The summed E-state index contributed by atoms with van der Waals surface area (Å²) in [4.78, 5) is 23.6. The molecule has 1 aromatic carbocycles. The zero-order valence-corrected chi connectivity index (χ0v) is 12.5. The molecule has 20 heavy (non-hydrogen) atoms. The van der Waals surface area contributed by atoms with Gasteiger partial charge < -0.3 is 10.0 Å². The first kappa shape index (κ1) is 14.8. The lowest BCUT2D eigenvalue weighted by atomic mass is 9.90. The maximum Gasteiger partial charge on any atom is 0.326 e. The third-order valence-corrected chi connectivity index (χ3v) is 4.27. The van der Waals surface area contributed by atoms with Gasteiger partial charge in [0.05, 0.1) is 10.6 Å². The minimum absolute atomic E-state index is 0.0162. The van der Waals surface area contributed by atoms with Gasteiger partial charge in [0.25, 0.3) is 5.69 Å². The monoisotopic (exact) mass is 342 g/mol. The molecular formula is C13H15BrN2O4. The fourth-order valence-corrected chi connectivity index (χ4v) is 3.27. The van der Waals surface area contributed by atoms with E-state index in [-0.39, 0.29) is 11.6 Å². The van der Waals surface area contributed by atoms with Gasteiger partial charge in [0, 0.05) is 23.2 Å². The second-order valence-corrected chi connectivity index (χ2v) is 5.84. The Hall–Kier alpha value is -1.63. The topological polar surface area (TPSA) is 83.7 Å². The van der Waals surface area contributed by atoms with Crippen LogP contribution in [0.25, 0.3) is 0 Å². The Labute approximate surface area is 124 Å². The lowest BCUT2D eigenvalue weighted by molar-refractivity contribution is -0.384. The lowest BCUT2D eigenvalue weighted by Crippen LogP contribution is -2.49. The quantitative estimate of drug-likeness (QED) is 0.674. The highest BCUT2D eigenvalue weighted by Gasteiger charge is 2.35. The van der Waals surface area contributed by atoms with Crippen LogP contribution in [0.2, 0.25) is 0 Å². The number of aliphatic carboxylic acids is 1. The third-order valence-electron chi connectivity index (χ3n) is 3.64. The van der Waals surface area contributed by atoms with Crippen LogP contribution < -0.4 is 4.90 Å². The summed E-state index contributed by atoms with van der Waals surface area (Å²) < 4.78 is 0.548. The van der Waals surface area contributed by atoms with Crippen molar-refractivity contribution in [1.82, 2.24) is 0 Å². The minimum atomic E-state index is -0.859. The number of non-ortho nitro benzene ring substituents is 1. The van der Waals surface area contributed by atoms with Gasteiger partial charge in [0.2, 0.25) is 0 Å². The zero-order chi connectivity index (χ0) is 14.9. The molecule has 0 aromatic heterocycles. The molecule has 0 radical (unpaired) electrons. The van der Waals surface area contributed by atoms with Gasteiger partial charge in [0.1, 0.15) is 6.04 Å². The van der Waals surface area contributed by atoms with E-state index < -0.39 is 16.9 Å². The minimum Gasteiger partial charge on any atom is -0.480 e. The van der Waals surface area contributed by atoms with E-state index in [0.717, 1.165) is 12.8 Å². The summed E-state index contributed by atoms with van der Waals surface area (Å²) in [5.74, 6) is -0.814. The molecule has 7 heteroatoms. The molecule has 1 heterocycles. The average molecular weight is 343 g/mol. The van der Waals surface area contributed by atoms with E-state index in [1.54, 1.807) is 6.07 Å². The van der Waals surface area contributed by atoms with Crippen LogP contribution in [0.15, 0.2) is 22.7 Å². The molecule has 1 N–H and O–H groups in total. The first-order valence-electron chi connectivity index (χ1n) is 6.35. The maximum atomic E-state index is 11.5. The van der Waals surface area contributed by atoms with Crippen molar-refractivity contribution in [2.24, 2.45) is 5.92 Å². The standard InChI is InChI=1S/C13H15BrN2O4/c1-8-3-2-6-15(12(8)13(17)18)11-5-4-9(16(19)20)7-10(11)14/h4-5,7-8,12H,2-3,6H2,1H3,(H,17,18). The number of nitro groups is 1. The number of carbonyl (C=O) groups is 1. The van der Waals surface area contributed by atoms with Crippen molar-refractivity contribution in [2.75, 3.05) is 11.4 Å². The van der Waals surface area contributed by atoms with Gasteiger partial charge in [-0.2, -0.15) is 0 Å². The molecular weight excluding hydrogens is 328 g/mol. The van der Waals surface area contributed by atoms with E-state index in [2.05, 4.69) is 15.9 Å². The van der Waals surface area contributed by atoms with Crippen LogP contribution in [-0.2, 0) is 4.79 Å². The molecule has 0 spiro atoms. The van der Waals surface area contributed by atoms with Gasteiger partial charge in [-0.05, 0) is 40.8 Å². The Balaban J connectivity index is 2.38. The number of halogens is 1. The fourth-order valence-electron chi connectivity index (χ4n) is 2.68. The first-order chi connectivity index (χ1) is 9.41. The predicted octanol–water partition coefficient (Wildman–Crippen LogP) is 3.05. The Kier molecular flexibility index (Phi) is 4.27. The number of nitrogens with zero attached hydrogens (tertiary/aromatic N) is 2. The number of nitro benzene ring substituents is 1. The number of rotatable bonds is 3. The molecule has 0 aliphatic carbocycles. The largest absolute Gasteiger partial charge is 0.480 e. The molecule has 0 saturated carbocycles. The van der Waals surface area contributed by atoms with Gasteiger partial charge in [-0.3, -0.25) is 10.1 Å². The van der Waals surface area contributed by atoms with Crippen molar-refractivity contribution in [1.29, 1.82) is 0 Å². The molecule has 0 amide bonds. The summed E-state index contributed by atoms with van der Waals surface area (Å²) in [5, 5.41) is 20.2. The zero-order valence-electron chi connectivity index (χ0n) is 11.0. The molecule has 1 aliphatic heterocycles. The van der Waals surface area contributed by atoms with Crippen molar-refractivity contribution < 1.29 is 14.8 Å². The van der Waals surface area contributed by atoms with Crippen LogP contribution in [0.1, 0.15) is 19.8 Å². The highest BCUT2D eigenvalue weighted by atomic mass is 79.9. The Morgan fingerprint density at radius 2 is 2.25 bits per heavy atom.